The molecule has 9 nitrogen and oxygen atoms in total. The van der Waals surface area contributed by atoms with Gasteiger partial charge in [0.15, 0.2) is 11.5 Å². The molecule has 1 saturated carbocycles. The van der Waals surface area contributed by atoms with Crippen LogP contribution in [0.5, 0.6) is 23.0 Å². The first-order valence-electron chi connectivity index (χ1n) is 14.4. The number of amides is 1. The lowest BCUT2D eigenvalue weighted by Crippen LogP contribution is -2.35. The second-order valence-electron chi connectivity index (χ2n) is 10.6. The summed E-state index contributed by atoms with van der Waals surface area (Å²) in [4.78, 5) is 29.2. The molecule has 3 N–H and O–H groups in total. The second-order valence-corrected chi connectivity index (χ2v) is 10.6. The zero-order valence-electron chi connectivity index (χ0n) is 24.4. The van der Waals surface area contributed by atoms with Gasteiger partial charge in [-0.25, -0.2) is 0 Å². The quantitative estimate of drug-likeness (QED) is 0.173. The topological polar surface area (TPSA) is 122 Å². The van der Waals surface area contributed by atoms with Crippen molar-refractivity contribution in [1.29, 1.82) is 0 Å². The van der Waals surface area contributed by atoms with E-state index >= 15 is 0 Å². The molecule has 0 aliphatic heterocycles. The number of rotatable bonds is 11. The number of pyridine rings is 1. The third kappa shape index (κ3) is 8.01. The molecule has 1 amide bonds. The highest BCUT2D eigenvalue weighted by atomic mass is 19.4. The molecule has 12 heteroatoms. The molecule has 0 radical (unpaired) electrons. The van der Waals surface area contributed by atoms with E-state index in [1.54, 1.807) is 48.7 Å². The third-order valence-corrected chi connectivity index (χ3v) is 7.38. The van der Waals surface area contributed by atoms with E-state index in [9.17, 15) is 22.8 Å². The van der Waals surface area contributed by atoms with Gasteiger partial charge in [-0.05, 0) is 86.3 Å². The fourth-order valence-electron chi connectivity index (χ4n) is 4.91. The molecule has 3 aromatic carbocycles. The average molecular weight is 624 g/mol. The number of carbonyl (C=O) groups excluding carboxylic acids is 2. The summed E-state index contributed by atoms with van der Waals surface area (Å²) in [5, 5.41) is 3.31. The molecule has 0 unspecified atom stereocenters. The van der Waals surface area contributed by atoms with E-state index in [-0.39, 0.29) is 24.7 Å². The summed E-state index contributed by atoms with van der Waals surface area (Å²) in [6.45, 7) is 0.167. The Balaban J connectivity index is 1.21. The Morgan fingerprint density at radius 2 is 1.69 bits per heavy atom. The van der Waals surface area contributed by atoms with E-state index in [1.165, 1.54) is 7.11 Å². The number of esters is 1. The highest BCUT2D eigenvalue weighted by molar-refractivity contribution is 6.04. The maximum Gasteiger partial charge on any atom is 0.416 e. The molecule has 5 rings (SSSR count). The van der Waals surface area contributed by atoms with E-state index in [0.29, 0.717) is 39.6 Å². The maximum absolute atomic E-state index is 12.8. The number of nitrogens with one attached hydrogen (secondary N) is 1. The van der Waals surface area contributed by atoms with Gasteiger partial charge in [0, 0.05) is 35.3 Å². The van der Waals surface area contributed by atoms with Gasteiger partial charge in [-0.3, -0.25) is 14.6 Å². The van der Waals surface area contributed by atoms with Crippen molar-refractivity contribution in [3.8, 4) is 23.0 Å². The van der Waals surface area contributed by atoms with E-state index in [4.69, 9.17) is 24.7 Å². The van der Waals surface area contributed by atoms with Crippen molar-refractivity contribution in [3.63, 3.8) is 0 Å². The lowest BCUT2D eigenvalue weighted by molar-refractivity contribution is -0.150. The first-order chi connectivity index (χ1) is 21.6. The zero-order valence-corrected chi connectivity index (χ0v) is 24.4. The predicted octanol–water partition coefficient (Wildman–Crippen LogP) is 6.89. The minimum atomic E-state index is -4.48. The maximum atomic E-state index is 12.8. The van der Waals surface area contributed by atoms with Gasteiger partial charge >= 0.3 is 12.1 Å². The lowest BCUT2D eigenvalue weighted by atomic mass is 10.1. The van der Waals surface area contributed by atoms with E-state index in [2.05, 4.69) is 10.3 Å². The van der Waals surface area contributed by atoms with Crippen molar-refractivity contribution in [2.75, 3.05) is 19.0 Å². The van der Waals surface area contributed by atoms with Crippen molar-refractivity contribution in [2.45, 2.75) is 50.4 Å². The van der Waals surface area contributed by atoms with Gasteiger partial charge in [-0.1, -0.05) is 0 Å². The molecule has 4 aromatic rings. The number of alkyl halides is 3. The average Bonchev–Trinajstić information content (AvgIpc) is 3.54. The van der Waals surface area contributed by atoms with Gasteiger partial charge in [-0.2, -0.15) is 13.2 Å². The normalized spacial score (nSPS) is 14.2. The van der Waals surface area contributed by atoms with Crippen LogP contribution in [-0.2, 0) is 15.7 Å². The number of anilines is 1. The molecule has 0 spiro atoms. The number of halogens is 3. The number of fused-ring (bicyclic) bond motifs is 1. The van der Waals surface area contributed by atoms with Crippen LogP contribution in [0.3, 0.4) is 0 Å². The summed E-state index contributed by atoms with van der Waals surface area (Å²) in [6, 6.07) is 14.8. The molecular weight excluding hydrogens is 591 g/mol. The first-order valence-corrected chi connectivity index (χ1v) is 14.4. The molecule has 1 atom stereocenters. The lowest BCUT2D eigenvalue weighted by Gasteiger charge is -2.17. The van der Waals surface area contributed by atoms with E-state index < -0.39 is 29.7 Å². The van der Waals surface area contributed by atoms with Crippen LogP contribution in [0.4, 0.5) is 18.9 Å². The van der Waals surface area contributed by atoms with Crippen molar-refractivity contribution in [3.05, 3.63) is 84.1 Å². The van der Waals surface area contributed by atoms with Crippen LogP contribution in [0, 0.1) is 0 Å². The standard InChI is InChI=1S/C33H32F3N3O6/c1-42-29-18-25-27(19-30(29)43-17-15-26(37)32(41)45-23-4-2-3-5-23)38-16-14-28(25)44-24-12-10-22(11-13-24)39-31(40)20-6-8-21(9-7-20)33(34,35)36/h6-14,16,18-19,23,26H,2-5,15,17,37H2,1H3,(H,39,40)/t26-/m0/s1. The first kappa shape index (κ1) is 31.6. The molecular formula is C33H32F3N3O6. The molecule has 1 fully saturated rings. The summed E-state index contributed by atoms with van der Waals surface area (Å²) in [6.07, 6.45) is 1.19. The van der Waals surface area contributed by atoms with Crippen molar-refractivity contribution in [2.24, 2.45) is 5.73 Å². The molecule has 1 aromatic heterocycles. The van der Waals surface area contributed by atoms with E-state index in [0.717, 1.165) is 49.9 Å². The molecule has 0 saturated heterocycles. The second kappa shape index (κ2) is 13.9. The Kier molecular flexibility index (Phi) is 9.72. The monoisotopic (exact) mass is 623 g/mol. The van der Waals surface area contributed by atoms with Gasteiger partial charge in [0.25, 0.3) is 5.91 Å². The van der Waals surface area contributed by atoms with Crippen LogP contribution in [0.15, 0.2) is 72.9 Å². The number of benzene rings is 3. The molecule has 1 heterocycles. The Hall–Kier alpha value is -4.84. The SMILES string of the molecule is COc1cc2c(Oc3ccc(NC(=O)c4ccc(C(F)(F)F)cc4)cc3)ccnc2cc1OCC[C@H](N)C(=O)OC1CCCC1. The predicted molar refractivity (Wildman–Crippen MR) is 161 cm³/mol. The third-order valence-electron chi connectivity index (χ3n) is 7.38. The van der Waals surface area contributed by atoms with Gasteiger partial charge in [0.1, 0.15) is 23.6 Å². The zero-order chi connectivity index (χ0) is 32.0. The number of nitrogens with two attached hydrogens (primary N) is 1. The number of hydrogen-bond donors (Lipinski definition) is 2. The van der Waals surface area contributed by atoms with E-state index in [1.807, 2.05) is 0 Å². The van der Waals surface area contributed by atoms with Gasteiger partial charge in [0.05, 0.1) is 24.8 Å². The Morgan fingerprint density at radius 3 is 2.36 bits per heavy atom. The number of aromatic nitrogens is 1. The minimum Gasteiger partial charge on any atom is -0.493 e. The smallest absolute Gasteiger partial charge is 0.416 e. The minimum absolute atomic E-state index is 0.0488. The van der Waals surface area contributed by atoms with Crippen LogP contribution in [0.1, 0.15) is 48.0 Å². The summed E-state index contributed by atoms with van der Waals surface area (Å²) in [5.74, 6) is 0.849. The molecule has 0 bridgehead atoms. The summed E-state index contributed by atoms with van der Waals surface area (Å²) >= 11 is 0. The van der Waals surface area contributed by atoms with Crippen LogP contribution >= 0.6 is 0 Å². The fourth-order valence-corrected chi connectivity index (χ4v) is 4.91. The van der Waals surface area contributed by atoms with Crippen LogP contribution in [-0.4, -0.2) is 42.7 Å². The van der Waals surface area contributed by atoms with Gasteiger partial charge in [-0.15, -0.1) is 0 Å². The molecule has 1 aliphatic carbocycles. The van der Waals surface area contributed by atoms with Crippen LogP contribution in [0.25, 0.3) is 10.9 Å². The van der Waals surface area contributed by atoms with Crippen LogP contribution in [0.2, 0.25) is 0 Å². The largest absolute Gasteiger partial charge is 0.493 e. The number of nitrogens with zero attached hydrogens (tertiary/aromatic N) is 1. The van der Waals surface area contributed by atoms with Crippen LogP contribution < -0.4 is 25.3 Å². The summed E-state index contributed by atoms with van der Waals surface area (Å²) < 4.78 is 61.4. The fraction of sp³-hybridized carbons (Fsp3) is 0.303. The number of carbonyl (C=O) groups is 2. The highest BCUT2D eigenvalue weighted by Gasteiger charge is 2.30. The molecule has 1 aliphatic rings. The summed E-state index contributed by atoms with van der Waals surface area (Å²) in [7, 11) is 1.51. The number of hydrogen-bond acceptors (Lipinski definition) is 8. The Morgan fingerprint density at radius 1 is 0.978 bits per heavy atom. The van der Waals surface area contributed by atoms with Crippen molar-refractivity contribution < 1.29 is 41.7 Å². The molecule has 236 valence electrons. The van der Waals surface area contributed by atoms with Crippen molar-refractivity contribution >= 4 is 28.5 Å². The Bertz CT molecular complexity index is 1640. The number of ether oxygens (including phenoxy) is 4. The highest BCUT2D eigenvalue weighted by Crippen LogP contribution is 2.37. The molecule has 45 heavy (non-hydrogen) atoms. The van der Waals surface area contributed by atoms with Crippen molar-refractivity contribution in [1.82, 2.24) is 4.98 Å². The van der Waals surface area contributed by atoms with Gasteiger partial charge in [0.2, 0.25) is 0 Å². The number of methoxy groups -OCH3 is 1. The van der Waals surface area contributed by atoms with Gasteiger partial charge < -0.3 is 30.0 Å². The summed E-state index contributed by atoms with van der Waals surface area (Å²) in [5.41, 5.74) is 6.29. The Labute approximate surface area is 257 Å².